The molecule has 0 fully saturated rings. The monoisotopic (exact) mass is 489 g/mol. The molecule has 0 aliphatic carbocycles. The van der Waals surface area contributed by atoms with Gasteiger partial charge in [0.1, 0.15) is 17.1 Å². The Morgan fingerprint density at radius 3 is 2.57 bits per heavy atom. The van der Waals surface area contributed by atoms with E-state index < -0.39 is 0 Å². The lowest BCUT2D eigenvalue weighted by molar-refractivity contribution is 0.340. The maximum atomic E-state index is 13.7. The molecule has 7 heteroatoms. The zero-order chi connectivity index (χ0) is 25.4. The first-order valence-electron chi connectivity index (χ1n) is 12.0. The number of fused-ring (bicyclic) bond motifs is 3. The van der Waals surface area contributed by atoms with E-state index >= 15 is 0 Å². The van der Waals surface area contributed by atoms with E-state index in [-0.39, 0.29) is 11.4 Å². The van der Waals surface area contributed by atoms with Gasteiger partial charge < -0.3 is 13.9 Å². The number of aromatic nitrogens is 2. The van der Waals surface area contributed by atoms with E-state index in [0.29, 0.717) is 40.4 Å². The van der Waals surface area contributed by atoms with Gasteiger partial charge in [-0.3, -0.25) is 4.79 Å². The van der Waals surface area contributed by atoms with Crippen molar-refractivity contribution in [1.29, 1.82) is 0 Å². The molecule has 0 aliphatic heterocycles. The van der Waals surface area contributed by atoms with Crippen molar-refractivity contribution >= 4 is 38.9 Å². The minimum atomic E-state index is -0.303. The van der Waals surface area contributed by atoms with Gasteiger partial charge in [-0.25, -0.2) is 4.98 Å². The number of methoxy groups -OCH3 is 1. The summed E-state index contributed by atoms with van der Waals surface area (Å²) in [7, 11) is 1.61. The van der Waals surface area contributed by atoms with Crippen molar-refractivity contribution in [3.8, 4) is 23.1 Å². The van der Waals surface area contributed by atoms with E-state index in [1.54, 1.807) is 25.5 Å². The Bertz CT molecular complexity index is 1870. The number of para-hydroxylation sites is 1. The van der Waals surface area contributed by atoms with Gasteiger partial charge in [-0.05, 0) is 54.1 Å². The van der Waals surface area contributed by atoms with Gasteiger partial charge in [0.2, 0.25) is 5.82 Å². The van der Waals surface area contributed by atoms with Gasteiger partial charge in [-0.15, -0.1) is 0 Å². The maximum Gasteiger partial charge on any atom is 0.282 e. The maximum absolute atomic E-state index is 13.7. The standard InChI is InChI=1S/C30H23N3O4/c1-3-36-26-16-15-19-9-4-5-10-20(19)23(26)18-31-33-29(32-24-12-7-6-11-21(24)30(33)34)28-17-22-25(35-2)13-8-14-27(22)37-28/h4-18H,3H2,1-2H3. The molecule has 0 N–H and O–H groups in total. The third kappa shape index (κ3) is 3.90. The SMILES string of the molecule is CCOc1ccc2ccccc2c1C=Nn1c(-c2cc3c(OC)cccc3o2)nc2ccccc2c1=O. The van der Waals surface area contributed by atoms with E-state index in [0.717, 1.165) is 21.7 Å². The lowest BCUT2D eigenvalue weighted by atomic mass is 10.0. The second-order valence-corrected chi connectivity index (χ2v) is 8.43. The van der Waals surface area contributed by atoms with Crippen molar-refractivity contribution < 1.29 is 13.9 Å². The lowest BCUT2D eigenvalue weighted by Crippen LogP contribution is -2.20. The molecule has 2 heterocycles. The van der Waals surface area contributed by atoms with Crippen LogP contribution in [0.3, 0.4) is 0 Å². The molecule has 182 valence electrons. The molecule has 0 amide bonds. The van der Waals surface area contributed by atoms with Crippen molar-refractivity contribution in [2.24, 2.45) is 5.10 Å². The molecule has 2 aromatic heterocycles. The highest BCUT2D eigenvalue weighted by molar-refractivity contribution is 6.02. The number of rotatable bonds is 6. The molecule has 37 heavy (non-hydrogen) atoms. The summed E-state index contributed by atoms with van der Waals surface area (Å²) in [6.45, 7) is 2.44. The van der Waals surface area contributed by atoms with Gasteiger partial charge >= 0.3 is 0 Å². The van der Waals surface area contributed by atoms with Crippen molar-refractivity contribution in [3.05, 3.63) is 101 Å². The summed E-state index contributed by atoms with van der Waals surface area (Å²) >= 11 is 0. The first kappa shape index (κ1) is 22.5. The second kappa shape index (κ2) is 9.28. The lowest BCUT2D eigenvalue weighted by Gasteiger charge is -2.11. The van der Waals surface area contributed by atoms with E-state index in [2.05, 4.69) is 5.10 Å². The number of hydrogen-bond donors (Lipinski definition) is 0. The summed E-state index contributed by atoms with van der Waals surface area (Å²) in [5.41, 5.74) is 1.65. The van der Waals surface area contributed by atoms with Gasteiger partial charge in [0.05, 0.1) is 36.2 Å². The highest BCUT2D eigenvalue weighted by Gasteiger charge is 2.18. The molecule has 0 radical (unpaired) electrons. The van der Waals surface area contributed by atoms with Crippen LogP contribution in [-0.2, 0) is 0 Å². The number of hydrogen-bond acceptors (Lipinski definition) is 6. The molecule has 0 spiro atoms. The normalized spacial score (nSPS) is 11.6. The highest BCUT2D eigenvalue weighted by atomic mass is 16.5. The molecule has 0 saturated carbocycles. The fraction of sp³-hybridized carbons (Fsp3) is 0.100. The Hall–Kier alpha value is -4.91. The summed E-state index contributed by atoms with van der Waals surface area (Å²) in [5, 5.41) is 7.90. The average Bonchev–Trinajstić information content (AvgIpc) is 3.38. The van der Waals surface area contributed by atoms with Crippen LogP contribution in [0.4, 0.5) is 0 Å². The number of furan rings is 1. The van der Waals surface area contributed by atoms with Crippen LogP contribution in [0.1, 0.15) is 12.5 Å². The van der Waals surface area contributed by atoms with Gasteiger partial charge in [-0.1, -0.05) is 48.5 Å². The first-order valence-corrected chi connectivity index (χ1v) is 12.0. The Labute approximate surface area is 212 Å². The molecule has 0 bridgehead atoms. The molecule has 0 saturated heterocycles. The number of benzene rings is 4. The number of nitrogens with zero attached hydrogens (tertiary/aromatic N) is 3. The van der Waals surface area contributed by atoms with Crippen LogP contribution < -0.4 is 15.0 Å². The summed E-state index contributed by atoms with van der Waals surface area (Å²) < 4.78 is 18.8. The van der Waals surface area contributed by atoms with E-state index in [4.69, 9.17) is 18.9 Å². The number of ether oxygens (including phenoxy) is 2. The molecule has 0 unspecified atom stereocenters. The van der Waals surface area contributed by atoms with Crippen LogP contribution in [0, 0.1) is 0 Å². The molecule has 7 nitrogen and oxygen atoms in total. The summed E-state index contributed by atoms with van der Waals surface area (Å²) in [6.07, 6.45) is 1.65. The molecule has 4 aromatic carbocycles. The minimum absolute atomic E-state index is 0.288. The van der Waals surface area contributed by atoms with Crippen molar-refractivity contribution in [3.63, 3.8) is 0 Å². The fourth-order valence-corrected chi connectivity index (χ4v) is 4.52. The average molecular weight is 490 g/mol. The molecule has 0 aliphatic rings. The summed E-state index contributed by atoms with van der Waals surface area (Å²) in [5.74, 6) is 2.04. The predicted molar refractivity (Wildman–Crippen MR) is 146 cm³/mol. The Morgan fingerprint density at radius 2 is 1.73 bits per heavy atom. The molecular formula is C30H23N3O4. The van der Waals surface area contributed by atoms with Crippen LogP contribution in [0.15, 0.2) is 99.2 Å². The van der Waals surface area contributed by atoms with Crippen LogP contribution >= 0.6 is 0 Å². The van der Waals surface area contributed by atoms with E-state index in [1.165, 1.54) is 4.68 Å². The van der Waals surface area contributed by atoms with Gasteiger partial charge in [0.15, 0.2) is 5.76 Å². The summed E-state index contributed by atoms with van der Waals surface area (Å²) in [4.78, 5) is 18.4. The quantitative estimate of drug-likeness (QED) is 0.258. The Balaban J connectivity index is 1.60. The van der Waals surface area contributed by atoms with E-state index in [9.17, 15) is 4.79 Å². The van der Waals surface area contributed by atoms with Crippen molar-refractivity contribution in [1.82, 2.24) is 9.66 Å². The van der Waals surface area contributed by atoms with Gasteiger partial charge in [0.25, 0.3) is 5.56 Å². The first-order chi connectivity index (χ1) is 18.2. The largest absolute Gasteiger partial charge is 0.496 e. The molecular weight excluding hydrogens is 466 g/mol. The van der Waals surface area contributed by atoms with E-state index in [1.807, 2.05) is 79.7 Å². The van der Waals surface area contributed by atoms with Crippen LogP contribution in [-0.4, -0.2) is 29.6 Å². The van der Waals surface area contributed by atoms with Crippen LogP contribution in [0.25, 0.3) is 44.2 Å². The second-order valence-electron chi connectivity index (χ2n) is 8.43. The van der Waals surface area contributed by atoms with Gasteiger partial charge in [0, 0.05) is 5.56 Å². The predicted octanol–water partition coefficient (Wildman–Crippen LogP) is 6.25. The highest BCUT2D eigenvalue weighted by Crippen LogP contribution is 2.33. The van der Waals surface area contributed by atoms with Crippen molar-refractivity contribution in [2.75, 3.05) is 13.7 Å². The zero-order valence-electron chi connectivity index (χ0n) is 20.3. The van der Waals surface area contributed by atoms with Crippen LogP contribution in [0.2, 0.25) is 0 Å². The van der Waals surface area contributed by atoms with Crippen molar-refractivity contribution in [2.45, 2.75) is 6.92 Å². The molecule has 6 aromatic rings. The Kier molecular flexibility index (Phi) is 5.65. The third-order valence-electron chi connectivity index (χ3n) is 6.25. The third-order valence-corrected chi connectivity index (χ3v) is 6.25. The van der Waals surface area contributed by atoms with Gasteiger partial charge in [-0.2, -0.15) is 9.78 Å². The topological polar surface area (TPSA) is 78.8 Å². The van der Waals surface area contributed by atoms with Crippen LogP contribution in [0.5, 0.6) is 11.5 Å². The minimum Gasteiger partial charge on any atom is -0.496 e. The fourth-order valence-electron chi connectivity index (χ4n) is 4.52. The Morgan fingerprint density at radius 1 is 0.919 bits per heavy atom. The smallest absolute Gasteiger partial charge is 0.282 e. The molecule has 0 atom stereocenters. The summed E-state index contributed by atoms with van der Waals surface area (Å²) in [6, 6.07) is 26.5. The molecule has 6 rings (SSSR count). The zero-order valence-corrected chi connectivity index (χ0v) is 20.3.